The van der Waals surface area contributed by atoms with E-state index in [1.54, 1.807) is 12.2 Å². The molecule has 0 saturated heterocycles. The fourth-order valence-electron chi connectivity index (χ4n) is 1.35. The molecule has 2 heteroatoms. The quantitative estimate of drug-likeness (QED) is 0.438. The van der Waals surface area contributed by atoms with Crippen molar-refractivity contribution >= 4 is 23.7 Å². The summed E-state index contributed by atoms with van der Waals surface area (Å²) in [6, 6.07) is 7.47. The van der Waals surface area contributed by atoms with Crippen LogP contribution in [0.25, 0.3) is 12.2 Å². The van der Waals surface area contributed by atoms with Gasteiger partial charge in [-0.15, -0.1) is 0 Å². The van der Waals surface area contributed by atoms with Crippen molar-refractivity contribution < 1.29 is 9.59 Å². The molecule has 0 heterocycles. The van der Waals surface area contributed by atoms with Crippen LogP contribution in [0, 0.1) is 0 Å². The van der Waals surface area contributed by atoms with Crippen molar-refractivity contribution in [3.8, 4) is 0 Å². The lowest BCUT2D eigenvalue weighted by Gasteiger charge is -1.99. The Kier molecular flexibility index (Phi) is 3.95. The summed E-state index contributed by atoms with van der Waals surface area (Å²) in [4.78, 5) is 22.4. The predicted molar refractivity (Wildman–Crippen MR) is 65.9 cm³/mol. The Morgan fingerprint density at radius 3 is 1.81 bits per heavy atom. The molecule has 1 rings (SSSR count). The summed E-state index contributed by atoms with van der Waals surface area (Å²) in [7, 11) is 0. The minimum absolute atomic E-state index is 0.208. The second kappa shape index (κ2) is 5.21. The Morgan fingerprint density at radius 2 is 1.44 bits per heavy atom. The van der Waals surface area contributed by atoms with Crippen molar-refractivity contribution in [2.24, 2.45) is 0 Å². The fraction of sp³-hybridized carbons (Fsp3) is 0.143. The van der Waals surface area contributed by atoms with E-state index >= 15 is 0 Å². The summed E-state index contributed by atoms with van der Waals surface area (Å²) in [5, 5.41) is 0. The van der Waals surface area contributed by atoms with E-state index in [0.717, 1.165) is 11.1 Å². The van der Waals surface area contributed by atoms with E-state index in [1.165, 1.54) is 13.8 Å². The van der Waals surface area contributed by atoms with Crippen molar-refractivity contribution in [3.05, 3.63) is 47.5 Å². The Morgan fingerprint density at radius 1 is 1.00 bits per heavy atom. The van der Waals surface area contributed by atoms with Gasteiger partial charge in [-0.3, -0.25) is 9.59 Å². The van der Waals surface area contributed by atoms with Gasteiger partial charge in [0.05, 0.1) is 5.57 Å². The average Bonchev–Trinajstić information content (AvgIpc) is 2.25. The Labute approximate surface area is 95.3 Å². The maximum atomic E-state index is 11.2. The van der Waals surface area contributed by atoms with Gasteiger partial charge in [0.1, 0.15) is 0 Å². The molecule has 1 aromatic carbocycles. The van der Waals surface area contributed by atoms with Gasteiger partial charge >= 0.3 is 0 Å². The highest BCUT2D eigenvalue weighted by Crippen LogP contribution is 2.11. The van der Waals surface area contributed by atoms with Crippen molar-refractivity contribution in [1.29, 1.82) is 0 Å². The van der Waals surface area contributed by atoms with Gasteiger partial charge in [0.2, 0.25) is 0 Å². The number of allylic oxidation sites excluding steroid dienone is 1. The van der Waals surface area contributed by atoms with Gasteiger partial charge in [0.15, 0.2) is 11.6 Å². The molecule has 0 N–H and O–H groups in total. The maximum Gasteiger partial charge on any atom is 0.163 e. The topological polar surface area (TPSA) is 34.1 Å². The van der Waals surface area contributed by atoms with E-state index in [4.69, 9.17) is 0 Å². The van der Waals surface area contributed by atoms with Gasteiger partial charge < -0.3 is 0 Å². The lowest BCUT2D eigenvalue weighted by molar-refractivity contribution is -0.119. The number of hydrogen-bond donors (Lipinski definition) is 0. The van der Waals surface area contributed by atoms with Crippen molar-refractivity contribution in [2.45, 2.75) is 13.8 Å². The molecule has 0 aliphatic heterocycles. The average molecular weight is 214 g/mol. The lowest BCUT2D eigenvalue weighted by Crippen LogP contribution is -2.05. The van der Waals surface area contributed by atoms with Crippen LogP contribution in [0.2, 0.25) is 0 Å². The second-order valence-electron chi connectivity index (χ2n) is 3.54. The Balaban J connectivity index is 3.08. The third-order valence-corrected chi connectivity index (χ3v) is 2.24. The molecule has 0 saturated carbocycles. The number of benzene rings is 1. The SMILES string of the molecule is C=Cc1ccc(C=C(C(C)=O)C(C)=O)cc1. The lowest BCUT2D eigenvalue weighted by atomic mass is 10.0. The Bertz CT molecular complexity index is 434. The highest BCUT2D eigenvalue weighted by atomic mass is 16.1. The number of carbonyl (C=O) groups is 2. The third kappa shape index (κ3) is 3.02. The van der Waals surface area contributed by atoms with Crippen LogP contribution in [0.1, 0.15) is 25.0 Å². The summed E-state index contributed by atoms with van der Waals surface area (Å²) >= 11 is 0. The molecule has 0 aliphatic carbocycles. The minimum atomic E-state index is -0.208. The summed E-state index contributed by atoms with van der Waals surface area (Å²) in [5.41, 5.74) is 2.07. The standard InChI is InChI=1S/C14H14O2/c1-4-12-5-7-13(8-6-12)9-14(10(2)15)11(3)16/h4-9H,1H2,2-3H3. The van der Waals surface area contributed by atoms with E-state index in [2.05, 4.69) is 6.58 Å². The van der Waals surface area contributed by atoms with Crippen LogP contribution in [0.15, 0.2) is 36.4 Å². The fourth-order valence-corrected chi connectivity index (χ4v) is 1.35. The van der Waals surface area contributed by atoms with Gasteiger partial charge in [-0.25, -0.2) is 0 Å². The molecule has 1 aromatic rings. The molecule has 0 unspecified atom stereocenters. The molecule has 0 bridgehead atoms. The molecular weight excluding hydrogens is 200 g/mol. The number of carbonyl (C=O) groups excluding carboxylic acids is 2. The summed E-state index contributed by atoms with van der Waals surface area (Å²) in [6.45, 7) is 6.44. The molecule has 0 radical (unpaired) electrons. The van der Waals surface area contributed by atoms with Crippen LogP contribution >= 0.6 is 0 Å². The molecule has 16 heavy (non-hydrogen) atoms. The van der Waals surface area contributed by atoms with E-state index < -0.39 is 0 Å². The maximum absolute atomic E-state index is 11.2. The summed E-state index contributed by atoms with van der Waals surface area (Å²) < 4.78 is 0. The number of hydrogen-bond acceptors (Lipinski definition) is 2. The Hall–Kier alpha value is -1.96. The minimum Gasteiger partial charge on any atom is -0.294 e. The van der Waals surface area contributed by atoms with Crippen LogP contribution in [0.4, 0.5) is 0 Å². The van der Waals surface area contributed by atoms with Gasteiger partial charge in [-0.05, 0) is 31.1 Å². The van der Waals surface area contributed by atoms with Gasteiger partial charge in [-0.1, -0.05) is 36.9 Å². The first-order valence-electron chi connectivity index (χ1n) is 5.00. The number of rotatable bonds is 4. The molecule has 0 spiro atoms. The van der Waals surface area contributed by atoms with Crippen molar-refractivity contribution in [2.75, 3.05) is 0 Å². The largest absolute Gasteiger partial charge is 0.294 e. The molecule has 82 valence electrons. The highest BCUT2D eigenvalue weighted by Gasteiger charge is 2.08. The molecule has 0 aromatic heterocycles. The van der Waals surface area contributed by atoms with E-state index in [1.807, 2.05) is 24.3 Å². The monoisotopic (exact) mass is 214 g/mol. The van der Waals surface area contributed by atoms with E-state index in [9.17, 15) is 9.59 Å². The summed E-state index contributed by atoms with van der Waals surface area (Å²) in [6.07, 6.45) is 3.35. The highest BCUT2D eigenvalue weighted by molar-refractivity contribution is 6.21. The molecule has 0 fully saturated rings. The molecule has 0 amide bonds. The van der Waals surface area contributed by atoms with Crippen LogP contribution in [0.5, 0.6) is 0 Å². The van der Waals surface area contributed by atoms with Crippen LogP contribution in [-0.4, -0.2) is 11.6 Å². The van der Waals surface area contributed by atoms with Gasteiger partial charge in [0, 0.05) is 0 Å². The second-order valence-corrected chi connectivity index (χ2v) is 3.54. The molecule has 0 aliphatic rings. The first kappa shape index (κ1) is 12.1. The smallest absolute Gasteiger partial charge is 0.163 e. The van der Waals surface area contributed by atoms with Crippen LogP contribution < -0.4 is 0 Å². The molecule has 0 atom stereocenters. The third-order valence-electron chi connectivity index (χ3n) is 2.24. The van der Waals surface area contributed by atoms with Gasteiger partial charge in [-0.2, -0.15) is 0 Å². The molecular formula is C14H14O2. The predicted octanol–water partition coefficient (Wildman–Crippen LogP) is 2.89. The van der Waals surface area contributed by atoms with Gasteiger partial charge in [0.25, 0.3) is 0 Å². The normalized spacial score (nSPS) is 9.38. The zero-order valence-electron chi connectivity index (χ0n) is 9.49. The van der Waals surface area contributed by atoms with E-state index in [-0.39, 0.29) is 17.1 Å². The first-order chi connectivity index (χ1) is 7.54. The van der Waals surface area contributed by atoms with Crippen LogP contribution in [0.3, 0.4) is 0 Å². The first-order valence-corrected chi connectivity index (χ1v) is 5.00. The van der Waals surface area contributed by atoms with Crippen LogP contribution in [-0.2, 0) is 9.59 Å². The molecule has 2 nitrogen and oxygen atoms in total. The van der Waals surface area contributed by atoms with Crippen molar-refractivity contribution in [3.63, 3.8) is 0 Å². The van der Waals surface area contributed by atoms with E-state index in [0.29, 0.717) is 0 Å². The zero-order valence-corrected chi connectivity index (χ0v) is 9.49. The number of Topliss-reactive ketones (excluding diaryl/α,β-unsaturated/α-hetero) is 2. The number of ketones is 2. The summed E-state index contributed by atoms with van der Waals surface area (Å²) in [5.74, 6) is -0.416. The van der Waals surface area contributed by atoms with Crippen molar-refractivity contribution in [1.82, 2.24) is 0 Å². The zero-order chi connectivity index (χ0) is 12.1.